The predicted molar refractivity (Wildman–Crippen MR) is 91.4 cm³/mol. The molecule has 1 N–H and O–H groups in total. The fourth-order valence-electron chi connectivity index (χ4n) is 4.41. The van der Waals surface area contributed by atoms with Gasteiger partial charge in [-0.05, 0) is 61.3 Å². The van der Waals surface area contributed by atoms with E-state index in [9.17, 15) is 0 Å². The first-order valence-corrected chi connectivity index (χ1v) is 8.87. The summed E-state index contributed by atoms with van der Waals surface area (Å²) in [6.45, 7) is 6.54. The summed E-state index contributed by atoms with van der Waals surface area (Å²) < 4.78 is 0. The predicted octanol–water partition coefficient (Wildman–Crippen LogP) is 5.44. The number of hydrogen-bond donors (Lipinski definition) is 1. The van der Waals surface area contributed by atoms with Gasteiger partial charge < -0.3 is 5.32 Å². The number of nitrogens with one attached hydrogen (secondary N) is 1. The molecule has 1 nitrogen and oxygen atoms in total. The van der Waals surface area contributed by atoms with Crippen LogP contribution in [0.1, 0.15) is 51.5 Å². The molecule has 0 radical (unpaired) electrons. The molecule has 1 aromatic rings. The lowest BCUT2D eigenvalue weighted by atomic mass is 9.43. The molecule has 2 aliphatic rings. The van der Waals surface area contributed by atoms with Crippen molar-refractivity contribution >= 4 is 23.2 Å². The van der Waals surface area contributed by atoms with Crippen LogP contribution in [0.5, 0.6) is 0 Å². The van der Waals surface area contributed by atoms with Crippen LogP contribution in [-0.2, 0) is 5.41 Å². The van der Waals surface area contributed by atoms with E-state index in [4.69, 9.17) is 23.2 Å². The molecule has 0 amide bonds. The first-order valence-electron chi connectivity index (χ1n) is 8.12. The quantitative estimate of drug-likeness (QED) is 0.759. The molecule has 1 spiro atoms. The maximum atomic E-state index is 6.51. The fraction of sp³-hybridized carbons (Fsp3) is 0.667. The second-order valence-electron chi connectivity index (χ2n) is 7.61. The van der Waals surface area contributed by atoms with Gasteiger partial charge in [-0.2, -0.15) is 0 Å². The average molecular weight is 326 g/mol. The topological polar surface area (TPSA) is 12.0 Å². The van der Waals surface area contributed by atoms with Crippen molar-refractivity contribution in [3.63, 3.8) is 0 Å². The molecule has 2 aliphatic carbocycles. The van der Waals surface area contributed by atoms with E-state index in [-0.39, 0.29) is 5.41 Å². The minimum Gasteiger partial charge on any atom is -0.316 e. The smallest absolute Gasteiger partial charge is 0.0459 e. The summed E-state index contributed by atoms with van der Waals surface area (Å²) in [6.07, 6.45) is 6.66. The summed E-state index contributed by atoms with van der Waals surface area (Å²) in [5.74, 6) is 0.668. The summed E-state index contributed by atoms with van der Waals surface area (Å²) >= 11 is 13.0. The SMILES string of the molecule is CC(C)CNCC1(c2c(Cl)cccc2Cl)CC2(CCC2)C1. The number of hydrogen-bond acceptors (Lipinski definition) is 1. The third-order valence-corrected chi connectivity index (χ3v) is 5.98. The standard InChI is InChI=1S/C18H25Cl2N/c1-13(2)9-21-12-18(10-17(11-18)7-4-8-17)16-14(19)5-3-6-15(16)20/h3,5-6,13,21H,4,7-12H2,1-2H3. The van der Waals surface area contributed by atoms with Crippen molar-refractivity contribution in [1.29, 1.82) is 0 Å². The molecule has 0 atom stereocenters. The monoisotopic (exact) mass is 325 g/mol. The lowest BCUT2D eigenvalue weighted by Gasteiger charge is -2.62. The van der Waals surface area contributed by atoms with Gasteiger partial charge in [0.25, 0.3) is 0 Å². The van der Waals surface area contributed by atoms with E-state index >= 15 is 0 Å². The first-order chi connectivity index (χ1) is 9.96. The van der Waals surface area contributed by atoms with Crippen LogP contribution >= 0.6 is 23.2 Å². The Bertz CT molecular complexity index is 492. The van der Waals surface area contributed by atoms with Gasteiger partial charge in [-0.25, -0.2) is 0 Å². The Morgan fingerprint density at radius 1 is 1.14 bits per heavy atom. The Hall–Kier alpha value is -0.240. The Kier molecular flexibility index (Phi) is 4.29. The minimum atomic E-state index is 0.144. The van der Waals surface area contributed by atoms with Crippen molar-refractivity contribution in [2.24, 2.45) is 11.3 Å². The van der Waals surface area contributed by atoms with Gasteiger partial charge in [0.05, 0.1) is 0 Å². The molecule has 3 heteroatoms. The maximum absolute atomic E-state index is 6.51. The lowest BCUT2D eigenvalue weighted by molar-refractivity contribution is -0.0483. The molecule has 0 aromatic heterocycles. The summed E-state index contributed by atoms with van der Waals surface area (Å²) in [7, 11) is 0. The van der Waals surface area contributed by atoms with Crippen LogP contribution in [0.2, 0.25) is 10.0 Å². The summed E-state index contributed by atoms with van der Waals surface area (Å²) in [6, 6.07) is 5.92. The van der Waals surface area contributed by atoms with Crippen molar-refractivity contribution in [1.82, 2.24) is 5.32 Å². The third kappa shape index (κ3) is 2.85. The van der Waals surface area contributed by atoms with Crippen LogP contribution in [-0.4, -0.2) is 13.1 Å². The van der Waals surface area contributed by atoms with Crippen LogP contribution in [0.25, 0.3) is 0 Å². The summed E-state index contributed by atoms with van der Waals surface area (Å²) in [4.78, 5) is 0. The molecule has 3 rings (SSSR count). The van der Waals surface area contributed by atoms with Gasteiger partial charge in [0.1, 0.15) is 0 Å². The zero-order valence-electron chi connectivity index (χ0n) is 13.0. The van der Waals surface area contributed by atoms with E-state index < -0.39 is 0 Å². The van der Waals surface area contributed by atoms with E-state index in [0.717, 1.165) is 23.1 Å². The van der Waals surface area contributed by atoms with Crippen molar-refractivity contribution < 1.29 is 0 Å². The second-order valence-corrected chi connectivity index (χ2v) is 8.42. The molecule has 0 unspecified atom stereocenters. The van der Waals surface area contributed by atoms with Crippen LogP contribution in [0.4, 0.5) is 0 Å². The molecular weight excluding hydrogens is 301 g/mol. The highest BCUT2D eigenvalue weighted by molar-refractivity contribution is 6.36. The largest absolute Gasteiger partial charge is 0.316 e. The fourth-order valence-corrected chi connectivity index (χ4v) is 5.21. The average Bonchev–Trinajstić information content (AvgIpc) is 2.31. The van der Waals surface area contributed by atoms with Crippen LogP contribution < -0.4 is 5.32 Å². The Morgan fingerprint density at radius 3 is 2.24 bits per heavy atom. The van der Waals surface area contributed by atoms with Gasteiger partial charge >= 0.3 is 0 Å². The normalized spacial score (nSPS) is 22.1. The van der Waals surface area contributed by atoms with Crippen LogP contribution in [0.3, 0.4) is 0 Å². The molecule has 0 bridgehead atoms. The molecule has 116 valence electrons. The molecular formula is C18H25Cl2N. The number of benzene rings is 1. The van der Waals surface area contributed by atoms with Crippen LogP contribution in [0, 0.1) is 11.3 Å². The maximum Gasteiger partial charge on any atom is 0.0459 e. The Balaban J connectivity index is 1.83. The van der Waals surface area contributed by atoms with Crippen molar-refractivity contribution in [2.75, 3.05) is 13.1 Å². The van der Waals surface area contributed by atoms with Gasteiger partial charge in [0, 0.05) is 22.0 Å². The Morgan fingerprint density at radius 2 is 1.76 bits per heavy atom. The Labute approximate surface area is 138 Å². The molecule has 2 saturated carbocycles. The third-order valence-electron chi connectivity index (χ3n) is 5.35. The number of rotatable bonds is 5. The van der Waals surface area contributed by atoms with Gasteiger partial charge in [-0.3, -0.25) is 0 Å². The highest BCUT2D eigenvalue weighted by Crippen LogP contribution is 2.66. The van der Waals surface area contributed by atoms with Gasteiger partial charge in [0.15, 0.2) is 0 Å². The van der Waals surface area contributed by atoms with E-state index in [0.29, 0.717) is 11.3 Å². The molecule has 1 aromatic carbocycles. The van der Waals surface area contributed by atoms with E-state index in [1.54, 1.807) is 0 Å². The molecule has 0 heterocycles. The minimum absolute atomic E-state index is 0.144. The molecule has 2 fully saturated rings. The van der Waals surface area contributed by atoms with Crippen molar-refractivity contribution in [3.05, 3.63) is 33.8 Å². The highest BCUT2D eigenvalue weighted by Gasteiger charge is 2.58. The molecule has 0 aliphatic heterocycles. The van der Waals surface area contributed by atoms with E-state index in [2.05, 4.69) is 19.2 Å². The first kappa shape index (κ1) is 15.6. The van der Waals surface area contributed by atoms with Gasteiger partial charge in [0.2, 0.25) is 0 Å². The zero-order chi connectivity index (χ0) is 15.1. The van der Waals surface area contributed by atoms with Gasteiger partial charge in [-0.15, -0.1) is 0 Å². The van der Waals surface area contributed by atoms with E-state index in [1.807, 2.05) is 18.2 Å². The summed E-state index contributed by atoms with van der Waals surface area (Å²) in [5, 5.41) is 5.32. The highest BCUT2D eigenvalue weighted by atomic mass is 35.5. The second kappa shape index (κ2) is 5.76. The molecule has 0 saturated heterocycles. The van der Waals surface area contributed by atoms with Gasteiger partial charge in [-0.1, -0.05) is 49.5 Å². The zero-order valence-corrected chi connectivity index (χ0v) is 14.5. The lowest BCUT2D eigenvalue weighted by Crippen LogP contribution is -2.57. The van der Waals surface area contributed by atoms with E-state index in [1.165, 1.54) is 37.7 Å². The molecule has 21 heavy (non-hydrogen) atoms. The van der Waals surface area contributed by atoms with Crippen molar-refractivity contribution in [3.8, 4) is 0 Å². The van der Waals surface area contributed by atoms with Crippen molar-refractivity contribution in [2.45, 2.75) is 51.4 Å². The van der Waals surface area contributed by atoms with Crippen LogP contribution in [0.15, 0.2) is 18.2 Å². The number of halogens is 2. The summed E-state index contributed by atoms with van der Waals surface area (Å²) in [5.41, 5.74) is 1.93.